The van der Waals surface area contributed by atoms with Crippen LogP contribution in [0.2, 0.25) is 0 Å². The van der Waals surface area contributed by atoms with Gasteiger partial charge in [-0.15, -0.1) is 12.4 Å². The summed E-state index contributed by atoms with van der Waals surface area (Å²) in [6, 6.07) is 0. The van der Waals surface area contributed by atoms with Crippen LogP contribution in [-0.4, -0.2) is 38.3 Å². The summed E-state index contributed by atoms with van der Waals surface area (Å²) in [7, 11) is 1.72. The van der Waals surface area contributed by atoms with E-state index in [4.69, 9.17) is 4.74 Å². The van der Waals surface area contributed by atoms with Gasteiger partial charge in [-0.1, -0.05) is 6.42 Å². The number of carbonyl (C=O) groups is 1. The quantitative estimate of drug-likeness (QED) is 0.773. The van der Waals surface area contributed by atoms with Gasteiger partial charge in [0.15, 0.2) is 0 Å². The van der Waals surface area contributed by atoms with Gasteiger partial charge in [-0.25, -0.2) is 0 Å². The van der Waals surface area contributed by atoms with E-state index in [2.05, 4.69) is 10.6 Å². The predicted octanol–water partition coefficient (Wildman–Crippen LogP) is 1.48. The smallest absolute Gasteiger partial charge is 0.220 e. The molecule has 0 aromatic rings. The molecule has 1 atom stereocenters. The van der Waals surface area contributed by atoms with Crippen molar-refractivity contribution in [2.24, 2.45) is 5.92 Å². The Kier molecular flexibility index (Phi) is 6.39. The van der Waals surface area contributed by atoms with Gasteiger partial charge in [-0.05, 0) is 38.1 Å². The number of halogens is 1. The van der Waals surface area contributed by atoms with Crippen molar-refractivity contribution in [1.29, 1.82) is 0 Å². The lowest BCUT2D eigenvalue weighted by molar-refractivity contribution is -0.123. The van der Waals surface area contributed by atoms with Gasteiger partial charge in [0.05, 0.1) is 12.1 Å². The van der Waals surface area contributed by atoms with Crippen molar-refractivity contribution in [3.63, 3.8) is 0 Å². The SMILES string of the molecule is COCC1(CNC(=O)CC2CCC2)CCCN1.Cl. The number of methoxy groups -OCH3 is 1. The Morgan fingerprint density at radius 3 is 2.72 bits per heavy atom. The molecule has 0 aromatic carbocycles. The highest BCUT2D eigenvalue weighted by atomic mass is 35.5. The Morgan fingerprint density at radius 1 is 1.44 bits per heavy atom. The number of hydrogen-bond donors (Lipinski definition) is 2. The highest BCUT2D eigenvalue weighted by molar-refractivity contribution is 5.85. The summed E-state index contributed by atoms with van der Waals surface area (Å²) in [5.74, 6) is 0.851. The van der Waals surface area contributed by atoms with Gasteiger partial charge in [0.2, 0.25) is 5.91 Å². The lowest BCUT2D eigenvalue weighted by Gasteiger charge is -2.30. The molecule has 1 saturated heterocycles. The molecule has 1 aliphatic heterocycles. The van der Waals surface area contributed by atoms with Crippen molar-refractivity contribution in [3.8, 4) is 0 Å². The third-order valence-electron chi connectivity index (χ3n) is 4.08. The summed E-state index contributed by atoms with van der Waals surface area (Å²) in [5, 5.41) is 6.54. The summed E-state index contributed by atoms with van der Waals surface area (Å²) in [6.07, 6.45) is 6.73. The third kappa shape index (κ3) is 4.11. The molecule has 2 N–H and O–H groups in total. The fourth-order valence-electron chi connectivity index (χ4n) is 2.77. The first-order valence-electron chi connectivity index (χ1n) is 6.75. The zero-order valence-electron chi connectivity index (χ0n) is 11.2. The molecule has 0 radical (unpaired) electrons. The minimum absolute atomic E-state index is 0. The van der Waals surface area contributed by atoms with E-state index in [1.165, 1.54) is 25.7 Å². The Bertz CT molecular complexity index is 264. The standard InChI is InChI=1S/C13H24N2O2.ClH/c1-17-10-13(6-3-7-15-13)9-14-12(16)8-11-4-2-5-11;/h11,15H,2-10H2,1H3,(H,14,16);1H. The Hall–Kier alpha value is -0.320. The summed E-state index contributed by atoms with van der Waals surface area (Å²) >= 11 is 0. The second kappa shape index (κ2) is 7.31. The highest BCUT2D eigenvalue weighted by Gasteiger charge is 2.34. The van der Waals surface area contributed by atoms with Crippen LogP contribution in [0.1, 0.15) is 38.5 Å². The van der Waals surface area contributed by atoms with Gasteiger partial charge in [0.1, 0.15) is 0 Å². The molecule has 1 saturated carbocycles. The number of ether oxygens (including phenoxy) is 1. The number of nitrogens with one attached hydrogen (secondary N) is 2. The van der Waals surface area contributed by atoms with Gasteiger partial charge in [-0.3, -0.25) is 4.79 Å². The largest absolute Gasteiger partial charge is 0.383 e. The number of rotatable bonds is 6. The van der Waals surface area contributed by atoms with E-state index in [-0.39, 0.29) is 23.9 Å². The molecule has 1 aliphatic carbocycles. The van der Waals surface area contributed by atoms with E-state index < -0.39 is 0 Å². The van der Waals surface area contributed by atoms with Gasteiger partial charge in [0, 0.05) is 20.1 Å². The first-order valence-corrected chi connectivity index (χ1v) is 6.75. The van der Waals surface area contributed by atoms with E-state index in [0.717, 1.165) is 13.0 Å². The molecule has 0 aromatic heterocycles. The maximum absolute atomic E-state index is 11.8. The minimum Gasteiger partial charge on any atom is -0.383 e. The van der Waals surface area contributed by atoms with Crippen LogP contribution >= 0.6 is 12.4 Å². The summed E-state index contributed by atoms with van der Waals surface area (Å²) in [4.78, 5) is 11.8. The molecule has 0 bridgehead atoms. The molecule has 1 amide bonds. The first kappa shape index (κ1) is 15.7. The lowest BCUT2D eigenvalue weighted by atomic mass is 9.83. The zero-order chi connectivity index (χ0) is 12.1. The fraction of sp³-hybridized carbons (Fsp3) is 0.923. The molecule has 0 spiro atoms. The molecule has 4 nitrogen and oxygen atoms in total. The van der Waals surface area contributed by atoms with Gasteiger partial charge >= 0.3 is 0 Å². The summed E-state index contributed by atoms with van der Waals surface area (Å²) in [6.45, 7) is 2.41. The summed E-state index contributed by atoms with van der Waals surface area (Å²) in [5.41, 5.74) is -0.0238. The maximum Gasteiger partial charge on any atom is 0.220 e. The van der Waals surface area contributed by atoms with Crippen LogP contribution in [0, 0.1) is 5.92 Å². The van der Waals surface area contributed by atoms with Crippen molar-refractivity contribution in [2.45, 2.75) is 44.1 Å². The van der Waals surface area contributed by atoms with Crippen LogP contribution in [0.3, 0.4) is 0 Å². The van der Waals surface area contributed by atoms with E-state index in [9.17, 15) is 4.79 Å². The third-order valence-corrected chi connectivity index (χ3v) is 4.08. The molecule has 2 aliphatic rings. The Balaban J connectivity index is 0.00000162. The average molecular weight is 277 g/mol. The first-order chi connectivity index (χ1) is 8.24. The zero-order valence-corrected chi connectivity index (χ0v) is 12.0. The molecule has 1 heterocycles. The normalized spacial score (nSPS) is 27.4. The van der Waals surface area contributed by atoms with E-state index in [1.54, 1.807) is 7.11 Å². The number of hydrogen-bond acceptors (Lipinski definition) is 3. The number of carbonyl (C=O) groups excluding carboxylic acids is 1. The summed E-state index contributed by atoms with van der Waals surface area (Å²) < 4.78 is 5.26. The van der Waals surface area contributed by atoms with Gasteiger partial charge in [-0.2, -0.15) is 0 Å². The van der Waals surface area contributed by atoms with Gasteiger partial charge < -0.3 is 15.4 Å². The molecule has 5 heteroatoms. The van der Waals surface area contributed by atoms with Crippen LogP contribution in [-0.2, 0) is 9.53 Å². The van der Waals surface area contributed by atoms with Gasteiger partial charge in [0.25, 0.3) is 0 Å². The second-order valence-corrected chi connectivity index (χ2v) is 5.52. The van der Waals surface area contributed by atoms with Crippen molar-refractivity contribution >= 4 is 18.3 Å². The van der Waals surface area contributed by atoms with E-state index in [1.807, 2.05) is 0 Å². The van der Waals surface area contributed by atoms with Crippen molar-refractivity contribution in [1.82, 2.24) is 10.6 Å². The van der Waals surface area contributed by atoms with Crippen molar-refractivity contribution < 1.29 is 9.53 Å². The van der Waals surface area contributed by atoms with Crippen LogP contribution in [0.15, 0.2) is 0 Å². The van der Waals surface area contributed by atoms with E-state index >= 15 is 0 Å². The Morgan fingerprint density at radius 2 is 2.22 bits per heavy atom. The minimum atomic E-state index is -0.0238. The van der Waals surface area contributed by atoms with Crippen molar-refractivity contribution in [3.05, 3.63) is 0 Å². The fourth-order valence-corrected chi connectivity index (χ4v) is 2.77. The molecular formula is C13H25ClN2O2. The van der Waals surface area contributed by atoms with Crippen molar-refractivity contribution in [2.75, 3.05) is 26.8 Å². The van der Waals surface area contributed by atoms with Crippen LogP contribution < -0.4 is 10.6 Å². The molecule has 2 rings (SSSR count). The highest BCUT2D eigenvalue weighted by Crippen LogP contribution is 2.29. The molecule has 106 valence electrons. The lowest BCUT2D eigenvalue weighted by Crippen LogP contribution is -2.53. The molecule has 1 unspecified atom stereocenters. The van der Waals surface area contributed by atoms with Crippen LogP contribution in [0.25, 0.3) is 0 Å². The van der Waals surface area contributed by atoms with Crippen LogP contribution in [0.4, 0.5) is 0 Å². The van der Waals surface area contributed by atoms with E-state index in [0.29, 0.717) is 25.5 Å². The molecule has 18 heavy (non-hydrogen) atoms. The number of amides is 1. The van der Waals surface area contributed by atoms with Crippen LogP contribution in [0.5, 0.6) is 0 Å². The molecule has 2 fully saturated rings. The predicted molar refractivity (Wildman–Crippen MR) is 74.1 cm³/mol. The Labute approximate surface area is 116 Å². The second-order valence-electron chi connectivity index (χ2n) is 5.52. The molecular weight excluding hydrogens is 252 g/mol. The maximum atomic E-state index is 11.8. The monoisotopic (exact) mass is 276 g/mol. The topological polar surface area (TPSA) is 50.4 Å². The average Bonchev–Trinajstić information content (AvgIpc) is 2.71.